The molecule has 1 aliphatic rings. The molecule has 0 unspecified atom stereocenters. The van der Waals surface area contributed by atoms with Gasteiger partial charge in [-0.05, 0) is 42.5 Å². The summed E-state index contributed by atoms with van der Waals surface area (Å²) in [6, 6.07) is 10.9. The van der Waals surface area contributed by atoms with Gasteiger partial charge in [0.2, 0.25) is 0 Å². The van der Waals surface area contributed by atoms with Crippen LogP contribution in [-0.2, 0) is 4.74 Å². The molecule has 0 spiro atoms. The molecule has 0 radical (unpaired) electrons. The fourth-order valence-corrected chi connectivity index (χ4v) is 4.17. The summed E-state index contributed by atoms with van der Waals surface area (Å²) in [5, 5.41) is 2.80. The number of nitrogens with one attached hydrogen (secondary N) is 1. The minimum atomic E-state index is -0.416. The molecule has 0 fully saturated rings. The number of anilines is 2. The molecule has 148 valence electrons. The van der Waals surface area contributed by atoms with Crippen LogP contribution in [0.4, 0.5) is 15.8 Å². The Labute approximate surface area is 170 Å². The van der Waals surface area contributed by atoms with E-state index in [1.165, 1.54) is 42.5 Å². The number of rotatable bonds is 5. The molecule has 29 heavy (non-hydrogen) atoms. The fourth-order valence-electron chi connectivity index (χ4n) is 3.03. The lowest BCUT2D eigenvalue weighted by atomic mass is 10.1. The van der Waals surface area contributed by atoms with E-state index in [9.17, 15) is 14.0 Å². The topological polar surface area (TPSA) is 71.8 Å². The molecule has 0 atom stereocenters. The monoisotopic (exact) mass is 412 g/mol. The highest BCUT2D eigenvalue weighted by atomic mass is 32.2. The Morgan fingerprint density at radius 1 is 1.21 bits per heavy atom. The van der Waals surface area contributed by atoms with Crippen LogP contribution in [0.1, 0.15) is 20.7 Å². The van der Waals surface area contributed by atoms with Crippen molar-refractivity contribution in [3.05, 3.63) is 71.9 Å². The number of halogens is 1. The van der Waals surface area contributed by atoms with E-state index in [0.29, 0.717) is 40.5 Å². The van der Waals surface area contributed by atoms with Crippen molar-refractivity contribution in [2.45, 2.75) is 9.79 Å². The van der Waals surface area contributed by atoms with Crippen molar-refractivity contribution in [2.24, 2.45) is 0 Å². The van der Waals surface area contributed by atoms with Crippen molar-refractivity contribution < 1.29 is 23.1 Å². The van der Waals surface area contributed by atoms with E-state index in [1.54, 1.807) is 36.3 Å². The van der Waals surface area contributed by atoms with Crippen LogP contribution in [0.2, 0.25) is 0 Å². The zero-order chi connectivity index (χ0) is 20.4. The highest BCUT2D eigenvalue weighted by Gasteiger charge is 2.28. The van der Waals surface area contributed by atoms with Gasteiger partial charge < -0.3 is 19.4 Å². The molecular weight excluding hydrogens is 395 g/mol. The van der Waals surface area contributed by atoms with E-state index in [1.807, 2.05) is 0 Å². The highest BCUT2D eigenvalue weighted by Crippen LogP contribution is 2.42. The molecule has 4 rings (SSSR count). The predicted molar refractivity (Wildman–Crippen MR) is 107 cm³/mol. The third-order valence-electron chi connectivity index (χ3n) is 4.45. The summed E-state index contributed by atoms with van der Waals surface area (Å²) in [7, 11) is 1.57. The number of carbonyl (C=O) groups is 2. The van der Waals surface area contributed by atoms with E-state index in [2.05, 4.69) is 5.32 Å². The maximum Gasteiger partial charge on any atom is 0.259 e. The maximum atomic E-state index is 13.8. The van der Waals surface area contributed by atoms with Gasteiger partial charge in [-0.15, -0.1) is 0 Å². The third kappa shape index (κ3) is 3.90. The van der Waals surface area contributed by atoms with Crippen LogP contribution in [0.3, 0.4) is 0 Å². The van der Waals surface area contributed by atoms with Gasteiger partial charge in [0.1, 0.15) is 12.1 Å². The van der Waals surface area contributed by atoms with Gasteiger partial charge in [0.05, 0.1) is 29.7 Å². The van der Waals surface area contributed by atoms with Gasteiger partial charge in [-0.3, -0.25) is 9.59 Å². The molecule has 0 saturated heterocycles. The molecule has 0 saturated carbocycles. The average Bonchev–Trinajstić information content (AvgIpc) is 3.21. The summed E-state index contributed by atoms with van der Waals surface area (Å²) in [6.07, 6.45) is 2.78. The largest absolute Gasteiger partial charge is 0.472 e. The number of furan rings is 1. The Kier molecular flexibility index (Phi) is 5.37. The molecule has 1 aromatic heterocycles. The van der Waals surface area contributed by atoms with Gasteiger partial charge in [0, 0.05) is 29.1 Å². The van der Waals surface area contributed by atoms with Crippen molar-refractivity contribution in [2.75, 3.05) is 30.5 Å². The zero-order valence-electron chi connectivity index (χ0n) is 15.5. The van der Waals surface area contributed by atoms with Crippen molar-refractivity contribution in [3.63, 3.8) is 0 Å². The van der Waals surface area contributed by atoms with Crippen LogP contribution in [0.15, 0.2) is 69.2 Å². The van der Waals surface area contributed by atoms with Gasteiger partial charge >= 0.3 is 0 Å². The lowest BCUT2D eigenvalue weighted by Crippen LogP contribution is -2.33. The molecule has 8 heteroatoms. The van der Waals surface area contributed by atoms with Gasteiger partial charge in [0.25, 0.3) is 11.8 Å². The second-order valence-corrected chi connectivity index (χ2v) is 7.42. The molecule has 3 aromatic rings. The number of nitrogens with zero attached hydrogens (tertiary/aromatic N) is 1. The third-order valence-corrected chi connectivity index (χ3v) is 5.55. The van der Waals surface area contributed by atoms with Gasteiger partial charge in [-0.25, -0.2) is 4.39 Å². The van der Waals surface area contributed by atoms with Crippen LogP contribution in [0.5, 0.6) is 0 Å². The number of carbonyl (C=O) groups excluding carboxylic acids is 2. The average molecular weight is 412 g/mol. The minimum Gasteiger partial charge on any atom is -0.472 e. The first kappa shape index (κ1) is 19.2. The Morgan fingerprint density at radius 3 is 2.83 bits per heavy atom. The van der Waals surface area contributed by atoms with Crippen molar-refractivity contribution >= 4 is 35.0 Å². The SMILES string of the molecule is COCCN1C(=O)c2ccc(F)cc2Sc2cc(NC(=O)c3ccoc3)ccc21. The van der Waals surface area contributed by atoms with E-state index in [4.69, 9.17) is 9.15 Å². The van der Waals surface area contributed by atoms with E-state index < -0.39 is 5.82 Å². The number of hydrogen-bond acceptors (Lipinski definition) is 5. The molecule has 6 nitrogen and oxygen atoms in total. The van der Waals surface area contributed by atoms with Crippen LogP contribution in [-0.4, -0.2) is 32.1 Å². The quantitative estimate of drug-likeness (QED) is 0.671. The summed E-state index contributed by atoms with van der Waals surface area (Å²) in [5.74, 6) is -0.949. The van der Waals surface area contributed by atoms with Crippen LogP contribution < -0.4 is 10.2 Å². The van der Waals surface area contributed by atoms with Gasteiger partial charge in [-0.1, -0.05) is 11.8 Å². The van der Waals surface area contributed by atoms with Crippen LogP contribution >= 0.6 is 11.8 Å². The Morgan fingerprint density at radius 2 is 2.07 bits per heavy atom. The number of amides is 2. The van der Waals surface area contributed by atoms with Crippen molar-refractivity contribution in [1.82, 2.24) is 0 Å². The standard InChI is InChI=1S/C21H17FN2O4S/c1-27-9-7-24-17-5-3-15(23-20(25)13-6-8-28-12-13)11-19(17)29-18-10-14(22)2-4-16(18)21(24)26/h2-6,8,10-12H,7,9H2,1H3,(H,23,25). The maximum absolute atomic E-state index is 13.8. The Balaban J connectivity index is 1.73. The molecule has 0 bridgehead atoms. The molecule has 1 N–H and O–H groups in total. The number of benzene rings is 2. The van der Waals surface area contributed by atoms with E-state index in [-0.39, 0.29) is 11.8 Å². The van der Waals surface area contributed by atoms with E-state index in [0.717, 1.165) is 4.90 Å². The smallest absolute Gasteiger partial charge is 0.259 e. The molecule has 2 aromatic carbocycles. The second-order valence-electron chi connectivity index (χ2n) is 6.34. The van der Waals surface area contributed by atoms with E-state index >= 15 is 0 Å². The first-order valence-electron chi connectivity index (χ1n) is 8.82. The van der Waals surface area contributed by atoms with Gasteiger partial charge in [-0.2, -0.15) is 0 Å². The first-order chi connectivity index (χ1) is 14.1. The molecule has 0 aliphatic carbocycles. The number of methoxy groups -OCH3 is 1. The first-order valence-corrected chi connectivity index (χ1v) is 9.64. The van der Waals surface area contributed by atoms with Gasteiger partial charge in [0.15, 0.2) is 0 Å². The normalized spacial score (nSPS) is 12.9. The zero-order valence-corrected chi connectivity index (χ0v) is 16.3. The molecule has 2 heterocycles. The number of ether oxygens (including phenoxy) is 1. The number of hydrogen-bond donors (Lipinski definition) is 1. The summed E-state index contributed by atoms with van der Waals surface area (Å²) < 4.78 is 23.9. The number of fused-ring (bicyclic) bond motifs is 2. The molecule has 2 amide bonds. The van der Waals surface area contributed by atoms with Crippen LogP contribution in [0, 0.1) is 5.82 Å². The minimum absolute atomic E-state index is 0.224. The van der Waals surface area contributed by atoms with Crippen molar-refractivity contribution in [1.29, 1.82) is 0 Å². The summed E-state index contributed by atoms with van der Waals surface area (Å²) in [5.41, 5.74) is 2.06. The Hall–Kier alpha value is -3.10. The predicted octanol–water partition coefficient (Wildman–Crippen LogP) is 4.43. The summed E-state index contributed by atoms with van der Waals surface area (Å²) in [6.45, 7) is 0.700. The molecule has 1 aliphatic heterocycles. The Bertz CT molecular complexity index is 1070. The van der Waals surface area contributed by atoms with Crippen LogP contribution in [0.25, 0.3) is 0 Å². The fraction of sp³-hybridized carbons (Fsp3) is 0.143. The summed E-state index contributed by atoms with van der Waals surface area (Å²) >= 11 is 1.28. The molecular formula is C21H17FN2O4S. The van der Waals surface area contributed by atoms with Crippen molar-refractivity contribution in [3.8, 4) is 0 Å². The highest BCUT2D eigenvalue weighted by molar-refractivity contribution is 7.99. The lowest BCUT2D eigenvalue weighted by molar-refractivity contribution is 0.0971. The second kappa shape index (κ2) is 8.10. The summed E-state index contributed by atoms with van der Waals surface area (Å²) in [4.78, 5) is 28.2. The lowest BCUT2D eigenvalue weighted by Gasteiger charge is -2.23.